The first-order valence-corrected chi connectivity index (χ1v) is 7.69. The van der Waals surface area contributed by atoms with Gasteiger partial charge < -0.3 is 10.1 Å². The second kappa shape index (κ2) is 5.73. The third-order valence-corrected chi connectivity index (χ3v) is 4.55. The lowest BCUT2D eigenvalue weighted by Crippen LogP contribution is -2.30. The Labute approximate surface area is 125 Å². The van der Waals surface area contributed by atoms with Crippen molar-refractivity contribution in [3.8, 4) is 0 Å². The fraction of sp³-hybridized carbons (Fsp3) is 0.625. The molecule has 0 aromatic carbocycles. The maximum absolute atomic E-state index is 5.45. The van der Waals surface area contributed by atoms with Crippen LogP contribution in [-0.2, 0) is 4.74 Å². The molecule has 3 unspecified atom stereocenters. The average Bonchev–Trinajstić information content (AvgIpc) is 3.05. The van der Waals surface area contributed by atoms with E-state index in [1.165, 1.54) is 12.0 Å². The van der Waals surface area contributed by atoms with E-state index < -0.39 is 0 Å². The molecule has 0 saturated heterocycles. The van der Waals surface area contributed by atoms with E-state index in [0.717, 1.165) is 29.9 Å². The van der Waals surface area contributed by atoms with Crippen LogP contribution in [-0.4, -0.2) is 33.9 Å². The first kappa shape index (κ1) is 14.5. The van der Waals surface area contributed by atoms with Crippen LogP contribution in [0.15, 0.2) is 12.3 Å². The van der Waals surface area contributed by atoms with Gasteiger partial charge in [-0.15, -0.1) is 0 Å². The number of aromatic nitrogens is 3. The average molecular weight is 288 g/mol. The second-order valence-corrected chi connectivity index (χ2v) is 6.11. The molecule has 0 radical (unpaired) electrons. The first-order valence-electron chi connectivity index (χ1n) is 7.69. The van der Waals surface area contributed by atoms with Gasteiger partial charge in [0, 0.05) is 42.7 Å². The van der Waals surface area contributed by atoms with Crippen LogP contribution < -0.4 is 5.32 Å². The zero-order valence-electron chi connectivity index (χ0n) is 13.3. The van der Waals surface area contributed by atoms with E-state index in [4.69, 9.17) is 4.74 Å². The smallest absolute Gasteiger partial charge is 0.155 e. The van der Waals surface area contributed by atoms with E-state index in [9.17, 15) is 0 Å². The van der Waals surface area contributed by atoms with Gasteiger partial charge in [-0.2, -0.15) is 5.10 Å². The molecular formula is C16H24N4O. The number of methoxy groups -OCH3 is 1. The SMILES string of the molecule is COC1CCC(NC(C)c2cnc3cc(C)nn3c2C)C1. The maximum Gasteiger partial charge on any atom is 0.155 e. The van der Waals surface area contributed by atoms with Crippen molar-refractivity contribution >= 4 is 5.65 Å². The van der Waals surface area contributed by atoms with Crippen LogP contribution in [0.5, 0.6) is 0 Å². The van der Waals surface area contributed by atoms with Crippen molar-refractivity contribution in [2.75, 3.05) is 7.11 Å². The van der Waals surface area contributed by atoms with Crippen molar-refractivity contribution in [3.05, 3.63) is 29.2 Å². The van der Waals surface area contributed by atoms with Gasteiger partial charge in [-0.25, -0.2) is 9.50 Å². The number of nitrogens with zero attached hydrogens (tertiary/aromatic N) is 3. The fourth-order valence-corrected chi connectivity index (χ4v) is 3.35. The van der Waals surface area contributed by atoms with Crippen LogP contribution in [0.25, 0.3) is 5.65 Å². The summed E-state index contributed by atoms with van der Waals surface area (Å²) in [5, 5.41) is 8.23. The van der Waals surface area contributed by atoms with E-state index in [-0.39, 0.29) is 6.04 Å². The normalized spacial score (nSPS) is 23.8. The Bertz CT molecular complexity index is 636. The largest absolute Gasteiger partial charge is 0.381 e. The number of aryl methyl sites for hydroxylation is 2. The van der Waals surface area contributed by atoms with E-state index in [1.54, 1.807) is 7.11 Å². The third-order valence-electron chi connectivity index (χ3n) is 4.55. The quantitative estimate of drug-likeness (QED) is 0.939. The molecule has 0 aliphatic heterocycles. The molecule has 5 nitrogen and oxygen atoms in total. The highest BCUT2D eigenvalue weighted by Gasteiger charge is 2.26. The Morgan fingerprint density at radius 2 is 2.19 bits per heavy atom. The van der Waals surface area contributed by atoms with Crippen LogP contribution >= 0.6 is 0 Å². The molecule has 3 rings (SSSR count). The van der Waals surface area contributed by atoms with Crippen molar-refractivity contribution < 1.29 is 4.74 Å². The van der Waals surface area contributed by atoms with E-state index in [2.05, 4.69) is 29.2 Å². The van der Waals surface area contributed by atoms with Crippen LogP contribution in [0.2, 0.25) is 0 Å². The number of hydrogen-bond acceptors (Lipinski definition) is 4. The lowest BCUT2D eigenvalue weighted by atomic mass is 10.1. The van der Waals surface area contributed by atoms with Crippen LogP contribution in [0.1, 0.15) is 49.2 Å². The van der Waals surface area contributed by atoms with E-state index in [0.29, 0.717) is 12.1 Å². The summed E-state index contributed by atoms with van der Waals surface area (Å²) < 4.78 is 7.39. The lowest BCUT2D eigenvalue weighted by Gasteiger charge is -2.21. The summed E-state index contributed by atoms with van der Waals surface area (Å²) in [5.74, 6) is 0. The van der Waals surface area contributed by atoms with Crippen molar-refractivity contribution in [3.63, 3.8) is 0 Å². The van der Waals surface area contributed by atoms with Gasteiger partial charge in [-0.05, 0) is 40.0 Å². The molecular weight excluding hydrogens is 264 g/mol. The van der Waals surface area contributed by atoms with Gasteiger partial charge in [0.15, 0.2) is 5.65 Å². The Morgan fingerprint density at radius 1 is 1.38 bits per heavy atom. The van der Waals surface area contributed by atoms with Crippen molar-refractivity contribution in [2.45, 2.75) is 58.2 Å². The highest BCUT2D eigenvalue weighted by molar-refractivity contribution is 5.42. The number of hydrogen-bond donors (Lipinski definition) is 1. The minimum Gasteiger partial charge on any atom is -0.381 e. The van der Waals surface area contributed by atoms with E-state index >= 15 is 0 Å². The summed E-state index contributed by atoms with van der Waals surface area (Å²) in [6.07, 6.45) is 5.81. The molecule has 114 valence electrons. The molecule has 1 aliphatic carbocycles. The maximum atomic E-state index is 5.45. The van der Waals surface area contributed by atoms with Crippen LogP contribution in [0, 0.1) is 13.8 Å². The Balaban J connectivity index is 1.78. The van der Waals surface area contributed by atoms with Gasteiger partial charge in [-0.1, -0.05) is 0 Å². The first-order chi connectivity index (χ1) is 10.1. The molecule has 1 saturated carbocycles. The molecule has 2 aromatic rings. The van der Waals surface area contributed by atoms with Crippen LogP contribution in [0.3, 0.4) is 0 Å². The molecule has 5 heteroatoms. The number of nitrogens with one attached hydrogen (secondary N) is 1. The standard InChI is InChI=1S/C16H24N4O/c1-10-7-16-17-9-15(12(3)20(16)19-10)11(2)18-13-5-6-14(8-13)21-4/h7,9,11,13-14,18H,5-6,8H2,1-4H3. The van der Waals surface area contributed by atoms with E-state index in [1.807, 2.05) is 23.7 Å². The molecule has 21 heavy (non-hydrogen) atoms. The van der Waals surface area contributed by atoms with Gasteiger partial charge in [0.1, 0.15) is 0 Å². The molecule has 3 atom stereocenters. The summed E-state index contributed by atoms with van der Waals surface area (Å²) in [6.45, 7) is 6.31. The molecule has 2 heterocycles. The minimum absolute atomic E-state index is 0.270. The number of ether oxygens (including phenoxy) is 1. The van der Waals surface area contributed by atoms with Crippen molar-refractivity contribution in [1.82, 2.24) is 19.9 Å². The summed E-state index contributed by atoms with van der Waals surface area (Å²) in [7, 11) is 1.80. The zero-order chi connectivity index (χ0) is 15.0. The number of rotatable bonds is 4. The highest BCUT2D eigenvalue weighted by atomic mass is 16.5. The molecule has 2 aromatic heterocycles. The van der Waals surface area contributed by atoms with Gasteiger partial charge in [0.25, 0.3) is 0 Å². The Kier molecular flexibility index (Phi) is 3.95. The Hall–Kier alpha value is -1.46. The van der Waals surface area contributed by atoms with Crippen LogP contribution in [0.4, 0.5) is 0 Å². The van der Waals surface area contributed by atoms with Crippen molar-refractivity contribution in [1.29, 1.82) is 0 Å². The van der Waals surface area contributed by atoms with Gasteiger partial charge in [-0.3, -0.25) is 0 Å². The number of fused-ring (bicyclic) bond motifs is 1. The molecule has 0 spiro atoms. The van der Waals surface area contributed by atoms with Gasteiger partial charge >= 0.3 is 0 Å². The predicted molar refractivity (Wildman–Crippen MR) is 82.4 cm³/mol. The summed E-state index contributed by atoms with van der Waals surface area (Å²) >= 11 is 0. The zero-order valence-corrected chi connectivity index (χ0v) is 13.3. The van der Waals surface area contributed by atoms with Gasteiger partial charge in [0.2, 0.25) is 0 Å². The Morgan fingerprint density at radius 3 is 2.90 bits per heavy atom. The second-order valence-electron chi connectivity index (χ2n) is 6.11. The predicted octanol–water partition coefficient (Wildman–Crippen LogP) is 2.56. The summed E-state index contributed by atoms with van der Waals surface area (Å²) in [4.78, 5) is 4.53. The molecule has 0 amide bonds. The summed E-state index contributed by atoms with van der Waals surface area (Å²) in [6, 6.07) is 2.81. The van der Waals surface area contributed by atoms with Gasteiger partial charge in [0.05, 0.1) is 11.8 Å². The highest BCUT2D eigenvalue weighted by Crippen LogP contribution is 2.25. The molecule has 1 N–H and O–H groups in total. The fourth-order valence-electron chi connectivity index (χ4n) is 3.35. The minimum atomic E-state index is 0.270. The monoisotopic (exact) mass is 288 g/mol. The van der Waals surface area contributed by atoms with Crippen molar-refractivity contribution in [2.24, 2.45) is 0 Å². The molecule has 1 aliphatic rings. The topological polar surface area (TPSA) is 51.5 Å². The summed E-state index contributed by atoms with van der Waals surface area (Å²) in [5.41, 5.74) is 4.30. The molecule has 0 bridgehead atoms. The third kappa shape index (κ3) is 2.80. The molecule has 1 fully saturated rings. The lowest BCUT2D eigenvalue weighted by molar-refractivity contribution is 0.106.